The largest absolute Gasteiger partial charge is 0.356 e. The Labute approximate surface area is 198 Å². The van der Waals surface area contributed by atoms with Crippen molar-refractivity contribution in [2.45, 2.75) is 76.0 Å². The third-order valence-corrected chi connectivity index (χ3v) is 6.68. The summed E-state index contributed by atoms with van der Waals surface area (Å²) in [6.07, 6.45) is 5.34. The second-order valence-corrected chi connectivity index (χ2v) is 8.93. The second-order valence-electron chi connectivity index (χ2n) is 8.93. The lowest BCUT2D eigenvalue weighted by molar-refractivity contribution is -0.137. The van der Waals surface area contributed by atoms with E-state index in [0.29, 0.717) is 24.0 Å². The number of imide groups is 1. The topological polar surface area (TPSA) is 125 Å². The summed E-state index contributed by atoms with van der Waals surface area (Å²) in [6.45, 7) is 0.271. The van der Waals surface area contributed by atoms with Gasteiger partial charge in [0.1, 0.15) is 6.04 Å². The number of hydrogen-bond donors (Lipinski definition) is 3. The van der Waals surface area contributed by atoms with Crippen molar-refractivity contribution in [3.05, 3.63) is 34.9 Å². The van der Waals surface area contributed by atoms with Crippen molar-refractivity contribution in [3.8, 4) is 11.8 Å². The molecule has 0 aromatic heterocycles. The van der Waals surface area contributed by atoms with Gasteiger partial charge in [-0.1, -0.05) is 17.9 Å². The molecule has 2 aliphatic heterocycles. The summed E-state index contributed by atoms with van der Waals surface area (Å²) in [5.41, 5.74) is 2.01. The zero-order valence-corrected chi connectivity index (χ0v) is 18.9. The quantitative estimate of drug-likeness (QED) is 0.326. The zero-order valence-electron chi connectivity index (χ0n) is 18.9. The number of rotatable bonds is 6. The van der Waals surface area contributed by atoms with Crippen LogP contribution in [0.2, 0.25) is 0 Å². The van der Waals surface area contributed by atoms with Crippen LogP contribution in [0.25, 0.3) is 0 Å². The van der Waals surface area contributed by atoms with E-state index in [2.05, 4.69) is 27.8 Å². The maximum Gasteiger partial charge on any atom is 0.255 e. The fourth-order valence-corrected chi connectivity index (χ4v) is 4.84. The van der Waals surface area contributed by atoms with Gasteiger partial charge in [0.2, 0.25) is 24.1 Å². The van der Waals surface area contributed by atoms with Gasteiger partial charge < -0.3 is 15.5 Å². The van der Waals surface area contributed by atoms with E-state index in [0.717, 1.165) is 37.7 Å². The molecule has 0 spiro atoms. The Hall–Kier alpha value is -3.67. The standard InChI is InChI=1S/C25H28N4O5/c30-15-26-17-8-10-18(11-9-17)27-22(31)7-2-1-4-16-5-3-6-19-20(16)14-29(25(19)34)21-12-13-23(32)28-24(21)33/h3,5-6,15,17-18,21H,2,7-14H2,(H,26,30)(H,27,31)(H,28,32,33)/t17-,18-,21?. The van der Waals surface area contributed by atoms with E-state index >= 15 is 0 Å². The van der Waals surface area contributed by atoms with E-state index in [1.54, 1.807) is 12.1 Å². The van der Waals surface area contributed by atoms with Crippen LogP contribution < -0.4 is 16.0 Å². The first-order valence-electron chi connectivity index (χ1n) is 11.7. The molecular formula is C25H28N4O5. The molecule has 1 saturated carbocycles. The lowest BCUT2D eigenvalue weighted by atomic mass is 9.91. The molecule has 0 radical (unpaired) electrons. The Morgan fingerprint density at radius 3 is 2.62 bits per heavy atom. The Morgan fingerprint density at radius 1 is 1.12 bits per heavy atom. The van der Waals surface area contributed by atoms with Crippen molar-refractivity contribution >= 4 is 30.0 Å². The normalized spacial score (nSPS) is 23.9. The summed E-state index contributed by atoms with van der Waals surface area (Å²) in [7, 11) is 0. The first-order valence-corrected chi connectivity index (χ1v) is 11.7. The molecule has 3 aliphatic rings. The number of piperidine rings is 1. The van der Waals surface area contributed by atoms with Crippen LogP contribution in [-0.2, 0) is 25.7 Å². The van der Waals surface area contributed by atoms with Crippen LogP contribution in [0.1, 0.15) is 72.9 Å². The van der Waals surface area contributed by atoms with Crippen LogP contribution in [0, 0.1) is 11.8 Å². The van der Waals surface area contributed by atoms with Gasteiger partial charge in [0, 0.05) is 49.0 Å². The second kappa shape index (κ2) is 10.5. The van der Waals surface area contributed by atoms with Gasteiger partial charge in [0.15, 0.2) is 0 Å². The summed E-state index contributed by atoms with van der Waals surface area (Å²) in [5.74, 6) is 5.08. The fraction of sp³-hybridized carbons (Fsp3) is 0.480. The minimum atomic E-state index is -0.661. The van der Waals surface area contributed by atoms with E-state index in [9.17, 15) is 24.0 Å². The lowest BCUT2D eigenvalue weighted by Crippen LogP contribution is -2.52. The molecular weight excluding hydrogens is 436 g/mol. The summed E-state index contributed by atoms with van der Waals surface area (Å²) < 4.78 is 0. The highest BCUT2D eigenvalue weighted by Gasteiger charge is 2.39. The highest BCUT2D eigenvalue weighted by atomic mass is 16.2. The van der Waals surface area contributed by atoms with Gasteiger partial charge in [-0.2, -0.15) is 0 Å². The van der Waals surface area contributed by atoms with Crippen LogP contribution in [0.5, 0.6) is 0 Å². The summed E-state index contributed by atoms with van der Waals surface area (Å²) in [4.78, 5) is 60.8. The van der Waals surface area contributed by atoms with Crippen molar-refractivity contribution < 1.29 is 24.0 Å². The molecule has 1 aromatic carbocycles. The van der Waals surface area contributed by atoms with E-state index < -0.39 is 11.9 Å². The highest BCUT2D eigenvalue weighted by Crippen LogP contribution is 2.29. The number of hydrogen-bond acceptors (Lipinski definition) is 5. The molecule has 2 fully saturated rings. The monoisotopic (exact) mass is 464 g/mol. The third-order valence-electron chi connectivity index (χ3n) is 6.68. The van der Waals surface area contributed by atoms with Gasteiger partial charge >= 0.3 is 0 Å². The smallest absolute Gasteiger partial charge is 0.255 e. The number of amides is 5. The average molecular weight is 465 g/mol. The molecule has 9 nitrogen and oxygen atoms in total. The molecule has 34 heavy (non-hydrogen) atoms. The molecule has 1 atom stereocenters. The first kappa shape index (κ1) is 23.5. The molecule has 1 aromatic rings. The summed E-state index contributed by atoms with van der Waals surface area (Å²) >= 11 is 0. The lowest BCUT2D eigenvalue weighted by Gasteiger charge is -2.29. The minimum Gasteiger partial charge on any atom is -0.356 e. The van der Waals surface area contributed by atoms with Crippen LogP contribution in [0.4, 0.5) is 0 Å². The minimum absolute atomic E-state index is 0.0430. The van der Waals surface area contributed by atoms with Gasteiger partial charge in [-0.3, -0.25) is 29.3 Å². The maximum atomic E-state index is 12.9. The molecule has 2 heterocycles. The molecule has 4 rings (SSSR count). The molecule has 0 bridgehead atoms. The van der Waals surface area contributed by atoms with Crippen molar-refractivity contribution in [3.63, 3.8) is 0 Å². The molecule has 1 saturated heterocycles. The molecule has 1 aliphatic carbocycles. The molecule has 9 heteroatoms. The van der Waals surface area contributed by atoms with E-state index in [4.69, 9.17) is 0 Å². The Morgan fingerprint density at radius 2 is 1.88 bits per heavy atom. The predicted molar refractivity (Wildman–Crippen MR) is 122 cm³/mol. The zero-order chi connectivity index (χ0) is 24.1. The number of carbonyl (C=O) groups excluding carboxylic acids is 5. The maximum absolute atomic E-state index is 12.9. The number of carbonyl (C=O) groups is 5. The fourth-order valence-electron chi connectivity index (χ4n) is 4.84. The van der Waals surface area contributed by atoms with Crippen LogP contribution >= 0.6 is 0 Å². The summed E-state index contributed by atoms with van der Waals surface area (Å²) in [5, 5.41) is 8.14. The molecule has 178 valence electrons. The predicted octanol–water partition coefficient (Wildman–Crippen LogP) is 0.753. The van der Waals surface area contributed by atoms with Gasteiger partial charge in [-0.15, -0.1) is 0 Å². The van der Waals surface area contributed by atoms with E-state index in [1.807, 2.05) is 6.07 Å². The van der Waals surface area contributed by atoms with Crippen molar-refractivity contribution in [2.24, 2.45) is 0 Å². The Bertz CT molecular complexity index is 1060. The van der Waals surface area contributed by atoms with Gasteiger partial charge in [0.25, 0.3) is 5.91 Å². The van der Waals surface area contributed by atoms with E-state index in [1.165, 1.54) is 4.90 Å². The SMILES string of the molecule is O=CN[C@H]1CC[C@H](NC(=O)CCC#Cc2cccc3c2CN(C2CCC(=O)NC2=O)C3=O)CC1. The molecule has 5 amide bonds. The Kier molecular flexibility index (Phi) is 7.26. The van der Waals surface area contributed by atoms with Gasteiger partial charge in [-0.25, -0.2) is 0 Å². The molecule has 3 N–H and O–H groups in total. The number of benzene rings is 1. The average Bonchev–Trinajstić information content (AvgIpc) is 3.15. The molecule has 1 unspecified atom stereocenters. The third kappa shape index (κ3) is 5.28. The van der Waals surface area contributed by atoms with E-state index in [-0.39, 0.29) is 49.2 Å². The first-order chi connectivity index (χ1) is 16.5. The number of fused-ring (bicyclic) bond motifs is 1. The van der Waals surface area contributed by atoms with Crippen LogP contribution in [-0.4, -0.2) is 53.1 Å². The van der Waals surface area contributed by atoms with Crippen LogP contribution in [0.15, 0.2) is 18.2 Å². The highest BCUT2D eigenvalue weighted by molar-refractivity contribution is 6.05. The van der Waals surface area contributed by atoms with Crippen molar-refractivity contribution in [1.29, 1.82) is 0 Å². The Balaban J connectivity index is 1.31. The van der Waals surface area contributed by atoms with Crippen molar-refractivity contribution in [2.75, 3.05) is 0 Å². The van der Waals surface area contributed by atoms with Gasteiger partial charge in [0.05, 0.1) is 0 Å². The number of nitrogens with zero attached hydrogens (tertiary/aromatic N) is 1. The van der Waals surface area contributed by atoms with Crippen molar-refractivity contribution in [1.82, 2.24) is 20.9 Å². The summed E-state index contributed by atoms with van der Waals surface area (Å²) in [6, 6.07) is 4.98. The van der Waals surface area contributed by atoms with Gasteiger partial charge in [-0.05, 0) is 49.8 Å². The van der Waals surface area contributed by atoms with Crippen LogP contribution in [0.3, 0.4) is 0 Å². The number of nitrogens with one attached hydrogen (secondary N) is 3.